The number of rotatable bonds is 0. The molecule has 0 unspecified atom stereocenters. The Morgan fingerprint density at radius 2 is 0.933 bits per heavy atom. The predicted molar refractivity (Wildman–Crippen MR) is 52.1 cm³/mol. The molecule has 1 rings (SSSR count). The molecule has 0 radical (unpaired) electrons. The summed E-state index contributed by atoms with van der Waals surface area (Å²) in [4.78, 5) is 16.7. The van der Waals surface area contributed by atoms with Gasteiger partial charge in [-0.3, -0.25) is 0 Å². The maximum Gasteiger partial charge on any atom is 0.283 e. The van der Waals surface area contributed by atoms with Gasteiger partial charge in [-0.15, -0.1) is 0 Å². The highest BCUT2D eigenvalue weighted by molar-refractivity contribution is 5.26. The van der Waals surface area contributed by atoms with Crippen LogP contribution in [-0.4, -0.2) is 17.3 Å². The van der Waals surface area contributed by atoms with Gasteiger partial charge in [-0.1, -0.05) is 38.5 Å². The van der Waals surface area contributed by atoms with E-state index in [0.29, 0.717) is 0 Å². The lowest BCUT2D eigenvalue weighted by Crippen LogP contribution is -1.85. The summed E-state index contributed by atoms with van der Waals surface area (Å²) in [6, 6.07) is 0. The predicted octanol–water partition coefficient (Wildman–Crippen LogP) is 1.98. The molecular weight excluding hydrogens is 198 g/mol. The summed E-state index contributed by atoms with van der Waals surface area (Å²) >= 11 is 0. The van der Waals surface area contributed by atoms with Crippen molar-refractivity contribution in [1.29, 1.82) is 16.1 Å². The Morgan fingerprint density at radius 3 is 1.00 bits per heavy atom. The fourth-order valence-corrected chi connectivity index (χ4v) is 1.06. The van der Waals surface area contributed by atoms with E-state index >= 15 is 0 Å². The van der Waals surface area contributed by atoms with Crippen molar-refractivity contribution in [3.05, 3.63) is 0 Å². The van der Waals surface area contributed by atoms with Gasteiger partial charge in [0.25, 0.3) is 6.26 Å². The van der Waals surface area contributed by atoms with E-state index in [-0.39, 0.29) is 0 Å². The zero-order valence-electron chi connectivity index (χ0n) is 8.45. The van der Waals surface area contributed by atoms with E-state index in [0.717, 1.165) is 18.4 Å². The third kappa shape index (κ3) is 74.2. The largest absolute Gasteiger partial charge is 0.443 e. The number of isocyanates is 2. The first-order valence-electron chi connectivity index (χ1n) is 4.36. The van der Waals surface area contributed by atoms with Gasteiger partial charge < -0.3 is 5.11 Å². The second-order valence-corrected chi connectivity index (χ2v) is 2.43. The van der Waals surface area contributed by atoms with E-state index in [1.165, 1.54) is 38.5 Å². The normalized spacial score (nSPS) is 11.1. The van der Waals surface area contributed by atoms with Crippen LogP contribution < -0.4 is 0 Å². The molecule has 0 saturated heterocycles. The summed E-state index contributed by atoms with van der Waals surface area (Å²) < 4.78 is 0. The highest BCUT2D eigenvalue weighted by Gasteiger charge is 1.95. The molecule has 1 saturated carbocycles. The van der Waals surface area contributed by atoms with Gasteiger partial charge in [-0.2, -0.15) is 5.26 Å². The molecule has 0 atom stereocenters. The standard InChI is InChI=1S/C6H12.3CHNO/c1-2-4-6-5-3-1;3*2-1-3/h1-6H2;3H;2*2H. The highest BCUT2D eigenvalue weighted by Crippen LogP contribution is 2.15. The minimum atomic E-state index is 0.750. The molecule has 0 aromatic heterocycles. The SMILES string of the molecule is C1CCCCC1.N#CO.N=C=O.N=C=O. The van der Waals surface area contributed by atoms with E-state index in [1.54, 1.807) is 0 Å². The first-order valence-corrected chi connectivity index (χ1v) is 4.36. The van der Waals surface area contributed by atoms with Crippen LogP contribution in [0.2, 0.25) is 0 Å². The molecule has 6 heteroatoms. The van der Waals surface area contributed by atoms with Crippen LogP contribution in [0.15, 0.2) is 0 Å². The molecule has 0 aromatic rings. The molecular formula is C9H15N3O3. The fourth-order valence-electron chi connectivity index (χ4n) is 1.06. The highest BCUT2D eigenvalue weighted by atomic mass is 16.2. The molecule has 1 aliphatic carbocycles. The second kappa shape index (κ2) is 29.6. The van der Waals surface area contributed by atoms with Crippen molar-refractivity contribution in [2.45, 2.75) is 38.5 Å². The molecule has 3 N–H and O–H groups in total. The Morgan fingerprint density at radius 1 is 0.867 bits per heavy atom. The minimum Gasteiger partial charge on any atom is -0.443 e. The maximum absolute atomic E-state index is 8.35. The maximum atomic E-state index is 8.35. The van der Waals surface area contributed by atoms with Crippen molar-refractivity contribution >= 4 is 12.2 Å². The molecule has 0 bridgehead atoms. The Labute approximate surface area is 88.6 Å². The minimum absolute atomic E-state index is 0.750. The van der Waals surface area contributed by atoms with Gasteiger partial charge in [0.05, 0.1) is 0 Å². The molecule has 0 aromatic carbocycles. The van der Waals surface area contributed by atoms with Crippen molar-refractivity contribution in [2.24, 2.45) is 0 Å². The third-order valence-corrected chi connectivity index (χ3v) is 1.50. The summed E-state index contributed by atoms with van der Waals surface area (Å²) in [7, 11) is 0. The average Bonchev–Trinajstić information content (AvgIpc) is 2.24. The molecule has 15 heavy (non-hydrogen) atoms. The summed E-state index contributed by atoms with van der Waals surface area (Å²) in [6.07, 6.45) is 11.2. The van der Waals surface area contributed by atoms with Crippen LogP contribution in [0, 0.1) is 22.3 Å². The van der Waals surface area contributed by atoms with E-state index in [2.05, 4.69) is 0 Å². The molecule has 6 nitrogen and oxygen atoms in total. The molecule has 1 fully saturated rings. The van der Waals surface area contributed by atoms with E-state index < -0.39 is 0 Å². The average molecular weight is 213 g/mol. The van der Waals surface area contributed by atoms with Crippen LogP contribution in [0.1, 0.15) is 38.5 Å². The van der Waals surface area contributed by atoms with Crippen LogP contribution in [0.4, 0.5) is 0 Å². The molecule has 0 amide bonds. The summed E-state index contributed by atoms with van der Waals surface area (Å²) in [5.74, 6) is 0. The molecule has 0 aliphatic heterocycles. The Hall–Kier alpha value is -1.95. The quantitative estimate of drug-likeness (QED) is 0.323. The Kier molecular flexibility index (Phi) is 37.0. The molecule has 84 valence electrons. The number of aliphatic hydroxyl groups is 1. The molecule has 0 spiro atoms. The first-order chi connectivity index (χ1) is 7.24. The number of hydrogen-bond acceptors (Lipinski definition) is 6. The van der Waals surface area contributed by atoms with Gasteiger partial charge in [0.2, 0.25) is 12.2 Å². The van der Waals surface area contributed by atoms with Crippen molar-refractivity contribution < 1.29 is 14.7 Å². The lowest BCUT2D eigenvalue weighted by molar-refractivity contribution is 0.503. The van der Waals surface area contributed by atoms with E-state index in [1.807, 2.05) is 0 Å². The van der Waals surface area contributed by atoms with Crippen LogP contribution in [0.25, 0.3) is 0 Å². The lowest BCUT2D eigenvalue weighted by Gasteiger charge is -2.05. The monoisotopic (exact) mass is 213 g/mol. The number of nitrogens with one attached hydrogen (secondary N) is 2. The number of aliphatic hydroxyl groups excluding tert-OH is 1. The molecule has 0 heterocycles. The van der Waals surface area contributed by atoms with Crippen LogP contribution in [0.3, 0.4) is 0 Å². The van der Waals surface area contributed by atoms with Crippen molar-refractivity contribution in [3.8, 4) is 6.26 Å². The Bertz CT molecular complexity index is 184. The smallest absolute Gasteiger partial charge is 0.283 e. The zero-order chi connectivity index (χ0) is 12.4. The lowest BCUT2D eigenvalue weighted by atomic mass is 10.0. The topological polar surface area (TPSA) is 126 Å². The fraction of sp³-hybridized carbons (Fsp3) is 0.667. The molecule has 1 aliphatic rings. The van der Waals surface area contributed by atoms with Gasteiger partial charge in [0.1, 0.15) is 0 Å². The van der Waals surface area contributed by atoms with Crippen LogP contribution in [-0.2, 0) is 9.59 Å². The van der Waals surface area contributed by atoms with Gasteiger partial charge in [0.15, 0.2) is 0 Å². The number of hydrogen-bond donors (Lipinski definition) is 3. The summed E-state index contributed by atoms with van der Waals surface area (Å²) in [5.41, 5.74) is 0. The number of nitrogens with zero attached hydrogens (tertiary/aromatic N) is 1. The zero-order valence-corrected chi connectivity index (χ0v) is 8.45. The summed E-state index contributed by atoms with van der Waals surface area (Å²) in [6.45, 7) is 0. The van der Waals surface area contributed by atoms with Gasteiger partial charge in [-0.25, -0.2) is 20.4 Å². The van der Waals surface area contributed by atoms with Gasteiger partial charge in [0, 0.05) is 0 Å². The third-order valence-electron chi connectivity index (χ3n) is 1.50. The van der Waals surface area contributed by atoms with Crippen LogP contribution in [0.5, 0.6) is 0 Å². The first kappa shape index (κ1) is 18.8. The van der Waals surface area contributed by atoms with E-state index in [9.17, 15) is 0 Å². The van der Waals surface area contributed by atoms with E-state index in [4.69, 9.17) is 30.8 Å². The Balaban J connectivity index is -0.000000140. The number of carbonyl (C=O) groups excluding carboxylic acids is 2. The van der Waals surface area contributed by atoms with Gasteiger partial charge >= 0.3 is 0 Å². The van der Waals surface area contributed by atoms with Crippen molar-refractivity contribution in [2.75, 3.05) is 0 Å². The van der Waals surface area contributed by atoms with Crippen molar-refractivity contribution in [1.82, 2.24) is 0 Å². The summed E-state index contributed by atoms with van der Waals surface area (Å²) in [5, 5.41) is 24.6. The van der Waals surface area contributed by atoms with Gasteiger partial charge in [-0.05, 0) is 0 Å². The number of nitriles is 1. The van der Waals surface area contributed by atoms with Crippen molar-refractivity contribution in [3.63, 3.8) is 0 Å². The van der Waals surface area contributed by atoms with Crippen LogP contribution >= 0.6 is 0 Å². The second-order valence-electron chi connectivity index (χ2n) is 2.43.